The van der Waals surface area contributed by atoms with Crippen molar-refractivity contribution in [1.29, 1.82) is 0 Å². The van der Waals surface area contributed by atoms with E-state index in [4.69, 9.17) is 9.47 Å². The van der Waals surface area contributed by atoms with Gasteiger partial charge in [-0.15, -0.1) is 0 Å². The van der Waals surface area contributed by atoms with Crippen molar-refractivity contribution in [1.82, 2.24) is 15.5 Å². The summed E-state index contributed by atoms with van der Waals surface area (Å²) in [6.45, 7) is 17.8. The average Bonchev–Trinajstić information content (AvgIpc) is 2.91. The molecule has 0 unspecified atom stereocenters. The molecule has 0 aromatic rings. The molecule has 27 heavy (non-hydrogen) atoms. The van der Waals surface area contributed by atoms with E-state index in [9.17, 15) is 9.59 Å². The van der Waals surface area contributed by atoms with E-state index in [1.807, 2.05) is 27.7 Å². The third kappa shape index (κ3) is 7.40. The van der Waals surface area contributed by atoms with Gasteiger partial charge < -0.3 is 20.1 Å². The van der Waals surface area contributed by atoms with E-state index in [1.54, 1.807) is 27.9 Å². The number of carbonyl (C=O) groups is 2. The first-order valence-corrected chi connectivity index (χ1v) is 9.55. The zero-order valence-corrected chi connectivity index (χ0v) is 18.1. The second-order valence-corrected chi connectivity index (χ2v) is 9.19. The summed E-state index contributed by atoms with van der Waals surface area (Å²) in [4.78, 5) is 27.4. The summed E-state index contributed by atoms with van der Waals surface area (Å²) in [5.74, 6) is 0.493. The SMILES string of the molecule is C=C(OC)[C@@H]1CCCN1[C@H](C(=O)NC(C)(C)C)[C@H](C)NC(=O)OC(C)(C)C. The second-order valence-electron chi connectivity index (χ2n) is 9.19. The lowest BCUT2D eigenvalue weighted by atomic mass is 10.0. The van der Waals surface area contributed by atoms with Crippen LogP contribution in [0.5, 0.6) is 0 Å². The van der Waals surface area contributed by atoms with Crippen LogP contribution in [0.25, 0.3) is 0 Å². The molecule has 0 spiro atoms. The molecule has 1 fully saturated rings. The van der Waals surface area contributed by atoms with Gasteiger partial charge in [0.2, 0.25) is 5.91 Å². The highest BCUT2D eigenvalue weighted by Gasteiger charge is 2.41. The fourth-order valence-electron chi connectivity index (χ4n) is 3.28. The molecule has 1 saturated heterocycles. The van der Waals surface area contributed by atoms with Gasteiger partial charge in [0.25, 0.3) is 0 Å². The van der Waals surface area contributed by atoms with Gasteiger partial charge >= 0.3 is 6.09 Å². The van der Waals surface area contributed by atoms with Crippen LogP contribution >= 0.6 is 0 Å². The Balaban J connectivity index is 3.05. The van der Waals surface area contributed by atoms with Crippen molar-refractivity contribution < 1.29 is 19.1 Å². The zero-order valence-electron chi connectivity index (χ0n) is 18.1. The predicted octanol–water partition coefficient (Wildman–Crippen LogP) is 2.81. The van der Waals surface area contributed by atoms with Crippen LogP contribution in [0.1, 0.15) is 61.3 Å². The van der Waals surface area contributed by atoms with Crippen LogP contribution in [0.4, 0.5) is 4.79 Å². The van der Waals surface area contributed by atoms with E-state index in [-0.39, 0.29) is 17.5 Å². The van der Waals surface area contributed by atoms with Crippen LogP contribution in [0.2, 0.25) is 0 Å². The Kier molecular flexibility index (Phi) is 7.72. The molecule has 0 aromatic heterocycles. The molecule has 2 N–H and O–H groups in total. The number of rotatable bonds is 6. The summed E-state index contributed by atoms with van der Waals surface area (Å²) < 4.78 is 10.7. The largest absolute Gasteiger partial charge is 0.500 e. The summed E-state index contributed by atoms with van der Waals surface area (Å²) in [6, 6.07) is -1.07. The Morgan fingerprint density at radius 1 is 1.19 bits per heavy atom. The molecule has 1 heterocycles. The maximum absolute atomic E-state index is 13.1. The van der Waals surface area contributed by atoms with Gasteiger partial charge in [-0.05, 0) is 67.9 Å². The molecule has 0 radical (unpaired) electrons. The average molecular weight is 384 g/mol. The highest BCUT2D eigenvalue weighted by molar-refractivity contribution is 5.84. The number of likely N-dealkylation sites (tertiary alicyclic amines) is 1. The Labute approximate surface area is 163 Å². The van der Waals surface area contributed by atoms with Gasteiger partial charge in [-0.2, -0.15) is 0 Å². The Bertz CT molecular complexity index is 548. The van der Waals surface area contributed by atoms with Crippen molar-refractivity contribution in [2.75, 3.05) is 13.7 Å². The van der Waals surface area contributed by atoms with Crippen LogP contribution in [-0.4, -0.2) is 59.8 Å². The van der Waals surface area contributed by atoms with E-state index in [0.717, 1.165) is 19.4 Å². The highest BCUT2D eigenvalue weighted by Crippen LogP contribution is 2.27. The Morgan fingerprint density at radius 2 is 1.78 bits per heavy atom. The number of carbonyl (C=O) groups excluding carboxylic acids is 2. The lowest BCUT2D eigenvalue weighted by Crippen LogP contribution is -2.61. The fourth-order valence-corrected chi connectivity index (χ4v) is 3.28. The van der Waals surface area contributed by atoms with Crippen molar-refractivity contribution in [3.05, 3.63) is 12.3 Å². The first-order valence-electron chi connectivity index (χ1n) is 9.55. The van der Waals surface area contributed by atoms with Crippen molar-refractivity contribution in [2.24, 2.45) is 0 Å². The van der Waals surface area contributed by atoms with E-state index in [0.29, 0.717) is 5.76 Å². The van der Waals surface area contributed by atoms with Crippen LogP contribution in [0.3, 0.4) is 0 Å². The molecule has 0 bridgehead atoms. The molecular weight excluding hydrogens is 346 g/mol. The summed E-state index contributed by atoms with van der Waals surface area (Å²) in [5, 5.41) is 5.86. The minimum atomic E-state index is -0.604. The number of ether oxygens (including phenoxy) is 2. The standard InChI is InChI=1S/C20H37N3O4/c1-13(21-18(25)27-20(6,7)8)16(17(24)22-19(3,4)5)23-12-10-11-15(23)14(2)26-9/h13,15-16H,2,10-12H2,1,3-9H3,(H,21,25)(H,22,24)/t13-,15-,16-/m0/s1. The summed E-state index contributed by atoms with van der Waals surface area (Å²) in [7, 11) is 1.59. The lowest BCUT2D eigenvalue weighted by Gasteiger charge is -2.38. The quantitative estimate of drug-likeness (QED) is 0.690. The number of methoxy groups -OCH3 is 1. The Hall–Kier alpha value is -1.76. The first-order chi connectivity index (χ1) is 12.2. The summed E-state index contributed by atoms with van der Waals surface area (Å²) in [5.41, 5.74) is -0.984. The fraction of sp³-hybridized carbons (Fsp3) is 0.800. The van der Waals surface area contributed by atoms with Gasteiger partial charge in [-0.1, -0.05) is 6.58 Å². The van der Waals surface area contributed by atoms with Crippen molar-refractivity contribution in [2.45, 2.75) is 90.6 Å². The van der Waals surface area contributed by atoms with E-state index >= 15 is 0 Å². The molecular formula is C20H37N3O4. The number of nitrogens with one attached hydrogen (secondary N) is 2. The molecule has 3 atom stereocenters. The third-order valence-electron chi connectivity index (χ3n) is 4.27. The molecule has 1 aliphatic heterocycles. The molecule has 1 aliphatic rings. The molecule has 1 rings (SSSR count). The maximum atomic E-state index is 13.1. The summed E-state index contributed by atoms with van der Waals surface area (Å²) in [6.07, 6.45) is 1.27. The van der Waals surface area contributed by atoms with E-state index in [1.165, 1.54) is 0 Å². The van der Waals surface area contributed by atoms with Crippen LogP contribution < -0.4 is 10.6 Å². The number of nitrogens with zero attached hydrogens (tertiary/aromatic N) is 1. The predicted molar refractivity (Wildman–Crippen MR) is 106 cm³/mol. The van der Waals surface area contributed by atoms with E-state index < -0.39 is 23.8 Å². The third-order valence-corrected chi connectivity index (χ3v) is 4.27. The van der Waals surface area contributed by atoms with Gasteiger partial charge in [0.15, 0.2) is 0 Å². The van der Waals surface area contributed by atoms with Crippen LogP contribution in [0, 0.1) is 0 Å². The van der Waals surface area contributed by atoms with Crippen molar-refractivity contribution in [3.8, 4) is 0 Å². The van der Waals surface area contributed by atoms with E-state index in [2.05, 4.69) is 22.1 Å². The van der Waals surface area contributed by atoms with Gasteiger partial charge in [0.05, 0.1) is 19.2 Å². The first kappa shape index (κ1) is 23.3. The molecule has 0 aliphatic carbocycles. The molecule has 156 valence electrons. The van der Waals surface area contributed by atoms with Crippen LogP contribution in [0.15, 0.2) is 12.3 Å². The maximum Gasteiger partial charge on any atom is 0.407 e. The highest BCUT2D eigenvalue weighted by atomic mass is 16.6. The molecule has 7 heteroatoms. The van der Waals surface area contributed by atoms with Gasteiger partial charge in [0, 0.05) is 5.54 Å². The topological polar surface area (TPSA) is 79.9 Å². The molecule has 0 aromatic carbocycles. The van der Waals surface area contributed by atoms with Gasteiger partial charge in [-0.25, -0.2) is 4.79 Å². The molecule has 2 amide bonds. The minimum Gasteiger partial charge on any atom is -0.500 e. The monoisotopic (exact) mass is 383 g/mol. The second kappa shape index (κ2) is 8.95. The van der Waals surface area contributed by atoms with Crippen molar-refractivity contribution in [3.63, 3.8) is 0 Å². The normalized spacial score (nSPS) is 20.5. The Morgan fingerprint density at radius 3 is 2.26 bits per heavy atom. The van der Waals surface area contributed by atoms with Crippen molar-refractivity contribution >= 4 is 12.0 Å². The number of alkyl carbamates (subject to hydrolysis) is 1. The molecule has 7 nitrogen and oxygen atoms in total. The number of amides is 2. The van der Waals surface area contributed by atoms with Gasteiger partial charge in [-0.3, -0.25) is 9.69 Å². The lowest BCUT2D eigenvalue weighted by molar-refractivity contribution is -0.129. The number of hydrogen-bond acceptors (Lipinski definition) is 5. The minimum absolute atomic E-state index is 0.0615. The summed E-state index contributed by atoms with van der Waals surface area (Å²) >= 11 is 0. The van der Waals surface area contributed by atoms with Gasteiger partial charge in [0.1, 0.15) is 17.4 Å². The zero-order chi connectivity index (χ0) is 21.0. The van der Waals surface area contributed by atoms with Crippen LogP contribution in [-0.2, 0) is 14.3 Å². The molecule has 0 saturated carbocycles. The smallest absolute Gasteiger partial charge is 0.407 e. The number of hydrogen-bond donors (Lipinski definition) is 2.